The molecule has 1 aliphatic rings. The third-order valence-electron chi connectivity index (χ3n) is 3.65. The standard InChI is InChI=1S/C17H18O2/c1-3-5-8-12-17(11-4-2)15(18)13-9-6-7-10-14(13)16(17)19/h4-10H,2-3,11-12H2,1H3/b8-5+. The zero-order valence-electron chi connectivity index (χ0n) is 11.2. The number of ketones is 2. The lowest BCUT2D eigenvalue weighted by Gasteiger charge is -2.22. The van der Waals surface area contributed by atoms with E-state index in [2.05, 4.69) is 6.58 Å². The molecule has 0 unspecified atom stereocenters. The Bertz CT molecular complexity index is 517. The van der Waals surface area contributed by atoms with Gasteiger partial charge in [0.15, 0.2) is 11.6 Å². The molecule has 0 fully saturated rings. The molecule has 0 aromatic heterocycles. The van der Waals surface area contributed by atoms with Crippen LogP contribution in [0.5, 0.6) is 0 Å². The third-order valence-corrected chi connectivity index (χ3v) is 3.65. The lowest BCUT2D eigenvalue weighted by molar-refractivity contribution is 0.0703. The topological polar surface area (TPSA) is 34.1 Å². The summed E-state index contributed by atoms with van der Waals surface area (Å²) in [6, 6.07) is 7.08. The van der Waals surface area contributed by atoms with Gasteiger partial charge in [0.25, 0.3) is 0 Å². The zero-order valence-corrected chi connectivity index (χ0v) is 11.2. The summed E-state index contributed by atoms with van der Waals surface area (Å²) in [5.74, 6) is -0.123. The van der Waals surface area contributed by atoms with Gasteiger partial charge in [-0.3, -0.25) is 9.59 Å². The van der Waals surface area contributed by atoms with Crippen LogP contribution in [0.2, 0.25) is 0 Å². The van der Waals surface area contributed by atoms with Crippen molar-refractivity contribution in [2.24, 2.45) is 5.41 Å². The molecule has 2 rings (SSSR count). The van der Waals surface area contributed by atoms with E-state index in [9.17, 15) is 9.59 Å². The number of carbonyl (C=O) groups is 2. The van der Waals surface area contributed by atoms with Gasteiger partial charge in [0.2, 0.25) is 0 Å². The van der Waals surface area contributed by atoms with Crippen molar-refractivity contribution < 1.29 is 9.59 Å². The molecule has 0 bridgehead atoms. The van der Waals surface area contributed by atoms with Crippen molar-refractivity contribution in [1.29, 1.82) is 0 Å². The first-order valence-corrected chi connectivity index (χ1v) is 6.62. The molecule has 0 aliphatic heterocycles. The molecule has 1 aliphatic carbocycles. The summed E-state index contributed by atoms with van der Waals surface area (Å²) in [5, 5.41) is 0. The number of fused-ring (bicyclic) bond motifs is 1. The highest BCUT2D eigenvalue weighted by Gasteiger charge is 2.50. The largest absolute Gasteiger partial charge is 0.293 e. The summed E-state index contributed by atoms with van der Waals surface area (Å²) < 4.78 is 0. The average Bonchev–Trinajstić information content (AvgIpc) is 2.63. The number of hydrogen-bond acceptors (Lipinski definition) is 2. The van der Waals surface area contributed by atoms with Gasteiger partial charge in [-0.25, -0.2) is 0 Å². The van der Waals surface area contributed by atoms with E-state index >= 15 is 0 Å². The van der Waals surface area contributed by atoms with Crippen molar-refractivity contribution >= 4 is 11.6 Å². The number of benzene rings is 1. The number of Topliss-reactive ketones (excluding diaryl/α,β-unsaturated/α-hetero) is 2. The molecule has 2 heteroatoms. The molecule has 2 nitrogen and oxygen atoms in total. The molecule has 1 aromatic carbocycles. The van der Waals surface area contributed by atoms with Crippen molar-refractivity contribution in [2.75, 3.05) is 0 Å². The average molecular weight is 254 g/mol. The van der Waals surface area contributed by atoms with Crippen LogP contribution in [0.15, 0.2) is 49.1 Å². The van der Waals surface area contributed by atoms with Crippen LogP contribution in [0.25, 0.3) is 0 Å². The predicted molar refractivity (Wildman–Crippen MR) is 76.4 cm³/mol. The first kappa shape index (κ1) is 13.5. The second kappa shape index (κ2) is 5.35. The second-order valence-corrected chi connectivity index (χ2v) is 4.86. The maximum absolute atomic E-state index is 12.6. The van der Waals surface area contributed by atoms with Crippen LogP contribution in [-0.2, 0) is 0 Å². The summed E-state index contributed by atoms with van der Waals surface area (Å²) in [7, 11) is 0. The van der Waals surface area contributed by atoms with Gasteiger partial charge in [0.1, 0.15) is 5.41 Å². The fourth-order valence-corrected chi connectivity index (χ4v) is 2.65. The molecule has 0 amide bonds. The van der Waals surface area contributed by atoms with Crippen molar-refractivity contribution in [2.45, 2.75) is 26.2 Å². The number of hydrogen-bond donors (Lipinski definition) is 0. The fourth-order valence-electron chi connectivity index (χ4n) is 2.65. The van der Waals surface area contributed by atoms with E-state index in [1.165, 1.54) is 0 Å². The van der Waals surface area contributed by atoms with Gasteiger partial charge in [0.05, 0.1) is 0 Å². The molecule has 0 N–H and O–H groups in total. The normalized spacial score (nSPS) is 16.9. The molecular weight excluding hydrogens is 236 g/mol. The monoisotopic (exact) mass is 254 g/mol. The van der Waals surface area contributed by atoms with E-state index < -0.39 is 5.41 Å². The van der Waals surface area contributed by atoms with Gasteiger partial charge in [0, 0.05) is 11.1 Å². The summed E-state index contributed by atoms with van der Waals surface area (Å²) in [4.78, 5) is 25.2. The van der Waals surface area contributed by atoms with E-state index in [0.29, 0.717) is 24.0 Å². The van der Waals surface area contributed by atoms with E-state index in [0.717, 1.165) is 6.42 Å². The first-order chi connectivity index (χ1) is 9.17. The Morgan fingerprint density at radius 2 is 1.63 bits per heavy atom. The minimum Gasteiger partial charge on any atom is -0.293 e. The summed E-state index contributed by atoms with van der Waals surface area (Å²) >= 11 is 0. The third kappa shape index (κ3) is 2.07. The van der Waals surface area contributed by atoms with Gasteiger partial charge < -0.3 is 0 Å². The SMILES string of the molecule is C=CCC1(C/C=C/CC)C(=O)c2ccccc2C1=O. The van der Waals surface area contributed by atoms with Crippen LogP contribution < -0.4 is 0 Å². The Balaban J connectivity index is 2.46. The number of rotatable bonds is 5. The van der Waals surface area contributed by atoms with E-state index in [1.807, 2.05) is 19.1 Å². The molecule has 0 saturated heterocycles. The van der Waals surface area contributed by atoms with Crippen LogP contribution in [0, 0.1) is 5.41 Å². The molecule has 0 saturated carbocycles. The summed E-state index contributed by atoms with van der Waals surface area (Å²) in [5.41, 5.74) is 0.149. The molecule has 0 spiro atoms. The Morgan fingerprint density at radius 1 is 1.05 bits per heavy atom. The van der Waals surface area contributed by atoms with Gasteiger partial charge in [-0.2, -0.15) is 0 Å². The number of carbonyl (C=O) groups excluding carboxylic acids is 2. The van der Waals surface area contributed by atoms with E-state index in [1.54, 1.807) is 30.3 Å². The quantitative estimate of drug-likeness (QED) is 0.588. The van der Waals surface area contributed by atoms with Gasteiger partial charge in [-0.05, 0) is 19.3 Å². The Labute approximate surface area is 113 Å². The number of allylic oxidation sites excluding steroid dienone is 3. The lowest BCUT2D eigenvalue weighted by atomic mass is 9.76. The molecular formula is C17H18O2. The predicted octanol–water partition coefficient (Wildman–Crippen LogP) is 3.98. The maximum Gasteiger partial charge on any atom is 0.178 e. The first-order valence-electron chi connectivity index (χ1n) is 6.62. The van der Waals surface area contributed by atoms with E-state index in [-0.39, 0.29) is 11.6 Å². The lowest BCUT2D eigenvalue weighted by Crippen LogP contribution is -2.32. The van der Waals surface area contributed by atoms with Gasteiger partial charge in [-0.1, -0.05) is 49.4 Å². The summed E-state index contributed by atoms with van der Waals surface area (Å²) in [6.45, 7) is 5.73. The van der Waals surface area contributed by atoms with Crippen LogP contribution >= 0.6 is 0 Å². The van der Waals surface area contributed by atoms with Crippen molar-refractivity contribution in [3.8, 4) is 0 Å². The molecule has 0 atom stereocenters. The molecule has 1 aromatic rings. The molecule has 19 heavy (non-hydrogen) atoms. The highest BCUT2D eigenvalue weighted by atomic mass is 16.2. The van der Waals surface area contributed by atoms with Crippen LogP contribution in [0.1, 0.15) is 46.9 Å². The van der Waals surface area contributed by atoms with Crippen LogP contribution in [-0.4, -0.2) is 11.6 Å². The molecule has 0 heterocycles. The Hall–Kier alpha value is -1.96. The van der Waals surface area contributed by atoms with Crippen molar-refractivity contribution in [1.82, 2.24) is 0 Å². The van der Waals surface area contributed by atoms with Gasteiger partial charge in [-0.15, -0.1) is 6.58 Å². The minimum atomic E-state index is -0.961. The van der Waals surface area contributed by atoms with Crippen LogP contribution in [0.4, 0.5) is 0 Å². The highest BCUT2D eigenvalue weighted by molar-refractivity contribution is 6.29. The molecule has 0 radical (unpaired) electrons. The van der Waals surface area contributed by atoms with E-state index in [4.69, 9.17) is 0 Å². The molecule has 98 valence electrons. The highest BCUT2D eigenvalue weighted by Crippen LogP contribution is 2.42. The Kier molecular flexibility index (Phi) is 3.79. The van der Waals surface area contributed by atoms with Gasteiger partial charge >= 0.3 is 0 Å². The van der Waals surface area contributed by atoms with Crippen LogP contribution in [0.3, 0.4) is 0 Å². The fraction of sp³-hybridized carbons (Fsp3) is 0.294. The maximum atomic E-state index is 12.6. The summed E-state index contributed by atoms with van der Waals surface area (Å²) in [6.07, 6.45) is 7.35. The van der Waals surface area contributed by atoms with Crippen molar-refractivity contribution in [3.05, 3.63) is 60.2 Å². The van der Waals surface area contributed by atoms with Crippen molar-refractivity contribution in [3.63, 3.8) is 0 Å². The minimum absolute atomic E-state index is 0.0613. The smallest absolute Gasteiger partial charge is 0.178 e. The Morgan fingerprint density at radius 3 is 2.11 bits per heavy atom. The second-order valence-electron chi connectivity index (χ2n) is 4.86. The zero-order chi connectivity index (χ0) is 13.9.